The first-order valence-electron chi connectivity index (χ1n) is 11.2. The van der Waals surface area contributed by atoms with E-state index in [1.165, 1.54) is 0 Å². The van der Waals surface area contributed by atoms with Gasteiger partial charge in [-0.3, -0.25) is 0 Å². The number of carbonyl (C=O) groups is 1. The van der Waals surface area contributed by atoms with Crippen LogP contribution in [-0.4, -0.2) is 41.0 Å². The van der Waals surface area contributed by atoms with E-state index in [2.05, 4.69) is 15.4 Å². The molecule has 1 N–H and O–H groups in total. The summed E-state index contributed by atoms with van der Waals surface area (Å²) in [5, 5.41) is 8.42. The number of hydrogen-bond acceptors (Lipinski definition) is 6. The summed E-state index contributed by atoms with van der Waals surface area (Å²) >= 11 is 6.65. The van der Waals surface area contributed by atoms with E-state index >= 15 is 0 Å². The summed E-state index contributed by atoms with van der Waals surface area (Å²) in [5.74, 6) is 0.397. The van der Waals surface area contributed by atoms with Gasteiger partial charge in [0.2, 0.25) is 0 Å². The highest BCUT2D eigenvalue weighted by Gasteiger charge is 2.20. The zero-order valence-corrected chi connectivity index (χ0v) is 20.0. The third-order valence-electron chi connectivity index (χ3n) is 5.53. The number of esters is 1. The lowest BCUT2D eigenvalue weighted by Crippen LogP contribution is -2.13. The van der Waals surface area contributed by atoms with E-state index in [1.54, 1.807) is 31.1 Å². The minimum atomic E-state index is -0.420. The van der Waals surface area contributed by atoms with Crippen molar-refractivity contribution >= 4 is 34.3 Å². The Bertz CT molecular complexity index is 1240. The smallest absolute Gasteiger partial charge is 0.341 e. The molecule has 0 fully saturated rings. The molecule has 0 saturated carbocycles. The standard InChI is InChI=1S/C26H27ClN4O3/c1-3-34-26(32)22-15-29-25-21(16-30-31(25)17-23(27)19-7-5-4-6-8-19)24(22)28-14-13-18-9-11-20(33-2)12-10-18/h4-12,15-16,23H,3,13-14,17H2,1-2H3,(H,28,29)/t23-/m0/s1. The topological polar surface area (TPSA) is 78.3 Å². The number of anilines is 1. The van der Waals surface area contributed by atoms with Gasteiger partial charge in [0.05, 0.1) is 42.9 Å². The Labute approximate surface area is 203 Å². The van der Waals surface area contributed by atoms with Crippen molar-refractivity contribution < 1.29 is 14.3 Å². The number of pyridine rings is 1. The Kier molecular flexibility index (Phi) is 7.65. The first-order chi connectivity index (χ1) is 16.6. The lowest BCUT2D eigenvalue weighted by Gasteiger charge is -2.14. The van der Waals surface area contributed by atoms with E-state index in [-0.39, 0.29) is 12.0 Å². The number of ether oxygens (including phenoxy) is 2. The molecule has 0 aliphatic carbocycles. The average molecular weight is 479 g/mol. The van der Waals surface area contributed by atoms with E-state index in [0.717, 1.165) is 28.7 Å². The summed E-state index contributed by atoms with van der Waals surface area (Å²) in [5.41, 5.74) is 3.86. The summed E-state index contributed by atoms with van der Waals surface area (Å²) in [6, 6.07) is 17.8. The maximum Gasteiger partial charge on any atom is 0.341 e. The fourth-order valence-electron chi connectivity index (χ4n) is 3.76. The molecule has 0 unspecified atom stereocenters. The first-order valence-corrected chi connectivity index (χ1v) is 11.6. The van der Waals surface area contributed by atoms with Crippen LogP contribution in [0.2, 0.25) is 0 Å². The number of hydrogen-bond donors (Lipinski definition) is 1. The molecule has 176 valence electrons. The predicted octanol–water partition coefficient (Wildman–Crippen LogP) is 5.25. The predicted molar refractivity (Wildman–Crippen MR) is 134 cm³/mol. The fraction of sp³-hybridized carbons (Fsp3) is 0.269. The van der Waals surface area contributed by atoms with Crippen LogP contribution in [0.15, 0.2) is 67.0 Å². The second-order valence-corrected chi connectivity index (χ2v) is 8.26. The van der Waals surface area contributed by atoms with Gasteiger partial charge in [0.15, 0.2) is 5.65 Å². The summed E-state index contributed by atoms with van der Waals surface area (Å²) in [7, 11) is 1.65. The quantitative estimate of drug-likeness (QED) is 0.248. The molecule has 0 radical (unpaired) electrons. The Hall–Kier alpha value is -3.58. The van der Waals surface area contributed by atoms with Crippen molar-refractivity contribution in [2.75, 3.05) is 25.6 Å². The van der Waals surface area contributed by atoms with E-state index in [9.17, 15) is 4.79 Å². The van der Waals surface area contributed by atoms with Gasteiger partial charge in [-0.2, -0.15) is 5.10 Å². The van der Waals surface area contributed by atoms with E-state index in [4.69, 9.17) is 21.1 Å². The van der Waals surface area contributed by atoms with Crippen molar-refractivity contribution in [3.63, 3.8) is 0 Å². The van der Waals surface area contributed by atoms with Gasteiger partial charge < -0.3 is 14.8 Å². The molecule has 8 heteroatoms. The van der Waals surface area contributed by atoms with Crippen LogP contribution >= 0.6 is 11.6 Å². The molecule has 0 spiro atoms. The van der Waals surface area contributed by atoms with Gasteiger partial charge in [0.25, 0.3) is 0 Å². The maximum atomic E-state index is 12.6. The van der Waals surface area contributed by atoms with E-state index < -0.39 is 5.97 Å². The van der Waals surface area contributed by atoms with Crippen molar-refractivity contribution in [3.05, 3.63) is 83.7 Å². The molecular formula is C26H27ClN4O3. The molecule has 0 bridgehead atoms. The number of fused-ring (bicyclic) bond motifs is 1. The number of nitrogens with one attached hydrogen (secondary N) is 1. The zero-order chi connectivity index (χ0) is 23.9. The molecule has 2 aromatic heterocycles. The number of carbonyl (C=O) groups excluding carboxylic acids is 1. The highest BCUT2D eigenvalue weighted by atomic mass is 35.5. The van der Waals surface area contributed by atoms with E-state index in [1.807, 2.05) is 54.6 Å². The summed E-state index contributed by atoms with van der Waals surface area (Å²) in [4.78, 5) is 17.1. The van der Waals surface area contributed by atoms with Gasteiger partial charge in [-0.25, -0.2) is 14.5 Å². The molecule has 0 aliphatic rings. The highest BCUT2D eigenvalue weighted by molar-refractivity contribution is 6.20. The van der Waals surface area contributed by atoms with Gasteiger partial charge in [0, 0.05) is 12.7 Å². The van der Waals surface area contributed by atoms with Crippen LogP contribution in [0.3, 0.4) is 0 Å². The number of methoxy groups -OCH3 is 1. The van der Waals surface area contributed by atoms with Gasteiger partial charge in [-0.1, -0.05) is 42.5 Å². The third kappa shape index (κ3) is 5.31. The van der Waals surface area contributed by atoms with Crippen LogP contribution in [0.25, 0.3) is 11.0 Å². The maximum absolute atomic E-state index is 12.6. The number of alkyl halides is 1. The number of benzene rings is 2. The molecule has 7 nitrogen and oxygen atoms in total. The molecule has 2 aromatic carbocycles. The molecule has 1 atom stereocenters. The molecule has 4 rings (SSSR count). The van der Waals surface area contributed by atoms with Crippen LogP contribution in [-0.2, 0) is 17.7 Å². The summed E-state index contributed by atoms with van der Waals surface area (Å²) in [6.07, 6.45) is 4.03. The molecule has 34 heavy (non-hydrogen) atoms. The number of rotatable bonds is 10. The van der Waals surface area contributed by atoms with Gasteiger partial charge in [0.1, 0.15) is 11.3 Å². The molecule has 4 aromatic rings. The number of nitrogens with zero attached hydrogens (tertiary/aromatic N) is 3. The van der Waals surface area contributed by atoms with E-state index in [0.29, 0.717) is 30.0 Å². The Morgan fingerprint density at radius 2 is 1.88 bits per heavy atom. The summed E-state index contributed by atoms with van der Waals surface area (Å²) < 4.78 is 12.2. The molecule has 0 amide bonds. The molecular weight excluding hydrogens is 452 g/mol. The normalized spacial score (nSPS) is 11.9. The molecule has 0 saturated heterocycles. The van der Waals surface area contributed by atoms with Crippen LogP contribution in [0.4, 0.5) is 5.69 Å². The lowest BCUT2D eigenvalue weighted by molar-refractivity contribution is 0.0527. The zero-order valence-electron chi connectivity index (χ0n) is 19.2. The Morgan fingerprint density at radius 1 is 1.12 bits per heavy atom. The number of aromatic nitrogens is 3. The van der Waals surface area contributed by atoms with Gasteiger partial charge >= 0.3 is 5.97 Å². The average Bonchev–Trinajstić information content (AvgIpc) is 3.28. The Balaban J connectivity index is 1.59. The van der Waals surface area contributed by atoms with Crippen molar-refractivity contribution in [2.45, 2.75) is 25.3 Å². The highest BCUT2D eigenvalue weighted by Crippen LogP contribution is 2.29. The summed E-state index contributed by atoms with van der Waals surface area (Å²) in [6.45, 7) is 3.13. The SMILES string of the molecule is CCOC(=O)c1cnc2c(cnn2C[C@H](Cl)c2ccccc2)c1NCCc1ccc(OC)cc1. The van der Waals surface area contributed by atoms with Crippen molar-refractivity contribution in [2.24, 2.45) is 0 Å². The number of halogens is 1. The minimum absolute atomic E-state index is 0.262. The third-order valence-corrected chi connectivity index (χ3v) is 5.92. The van der Waals surface area contributed by atoms with Gasteiger partial charge in [-0.05, 0) is 36.6 Å². The van der Waals surface area contributed by atoms with Crippen molar-refractivity contribution in [1.82, 2.24) is 14.8 Å². The van der Waals surface area contributed by atoms with Crippen LogP contribution in [0.1, 0.15) is 33.8 Å². The monoisotopic (exact) mass is 478 g/mol. The minimum Gasteiger partial charge on any atom is -0.497 e. The molecule has 0 aliphatic heterocycles. The first kappa shape index (κ1) is 23.6. The van der Waals surface area contributed by atoms with Crippen molar-refractivity contribution in [1.29, 1.82) is 0 Å². The largest absolute Gasteiger partial charge is 0.497 e. The lowest BCUT2D eigenvalue weighted by atomic mass is 10.1. The van der Waals surface area contributed by atoms with Crippen LogP contribution in [0, 0.1) is 0 Å². The Morgan fingerprint density at radius 3 is 2.59 bits per heavy atom. The second kappa shape index (κ2) is 11.0. The molecule has 2 heterocycles. The fourth-order valence-corrected chi connectivity index (χ4v) is 4.03. The van der Waals surface area contributed by atoms with Gasteiger partial charge in [-0.15, -0.1) is 11.6 Å². The van der Waals surface area contributed by atoms with Crippen molar-refractivity contribution in [3.8, 4) is 5.75 Å². The van der Waals surface area contributed by atoms with Crippen LogP contribution in [0.5, 0.6) is 5.75 Å². The second-order valence-electron chi connectivity index (χ2n) is 7.73. The van der Waals surface area contributed by atoms with Crippen LogP contribution < -0.4 is 10.1 Å².